The lowest BCUT2D eigenvalue weighted by Crippen LogP contribution is -2.47. The minimum absolute atomic E-state index is 0.00445. The first-order valence-electron chi connectivity index (χ1n) is 12.2. The third kappa shape index (κ3) is 3.99. The molecule has 3 aromatic heterocycles. The van der Waals surface area contributed by atoms with Gasteiger partial charge in [0.15, 0.2) is 5.69 Å². The molecule has 1 aromatic carbocycles. The van der Waals surface area contributed by atoms with Crippen molar-refractivity contribution in [1.82, 2.24) is 24.6 Å². The van der Waals surface area contributed by atoms with Crippen molar-refractivity contribution in [3.05, 3.63) is 77.9 Å². The fourth-order valence-corrected chi connectivity index (χ4v) is 5.94. The van der Waals surface area contributed by atoms with E-state index in [9.17, 15) is 9.59 Å². The van der Waals surface area contributed by atoms with E-state index in [1.807, 2.05) is 30.6 Å². The molecule has 2 amide bonds. The average molecular weight is 469 g/mol. The number of anilines is 1. The highest BCUT2D eigenvalue weighted by molar-refractivity contribution is 6.08. The van der Waals surface area contributed by atoms with Crippen LogP contribution in [0.15, 0.2) is 61.1 Å². The first-order valence-corrected chi connectivity index (χ1v) is 12.2. The first-order chi connectivity index (χ1) is 17.1. The van der Waals surface area contributed by atoms with Gasteiger partial charge in [-0.15, -0.1) is 0 Å². The summed E-state index contributed by atoms with van der Waals surface area (Å²) in [5, 5.41) is 8.25. The third-order valence-electron chi connectivity index (χ3n) is 7.48. The van der Waals surface area contributed by atoms with Gasteiger partial charge in [-0.05, 0) is 73.9 Å². The number of rotatable bonds is 5. The molecule has 5 heterocycles. The predicted octanol–water partition coefficient (Wildman–Crippen LogP) is 4.17. The van der Waals surface area contributed by atoms with Gasteiger partial charge >= 0.3 is 0 Å². The Bertz CT molecular complexity index is 1390. The molecule has 6 rings (SSSR count). The SMILES string of the molecule is Cn1ccc(C(=O)Nc2ccccc2C(=O)N2C3CCC2CC(Cc2ccnc4[nH]ccc24)C3)n1. The first kappa shape index (κ1) is 21.6. The van der Waals surface area contributed by atoms with Crippen molar-refractivity contribution >= 4 is 28.5 Å². The quantitative estimate of drug-likeness (QED) is 0.459. The molecule has 8 nitrogen and oxygen atoms in total. The molecule has 2 aliphatic heterocycles. The number of nitrogens with zero attached hydrogens (tertiary/aromatic N) is 4. The second-order valence-electron chi connectivity index (χ2n) is 9.72. The highest BCUT2D eigenvalue weighted by Crippen LogP contribution is 2.41. The van der Waals surface area contributed by atoms with Crippen molar-refractivity contribution in [1.29, 1.82) is 0 Å². The molecule has 178 valence electrons. The largest absolute Gasteiger partial charge is 0.346 e. The van der Waals surface area contributed by atoms with E-state index in [2.05, 4.69) is 37.4 Å². The van der Waals surface area contributed by atoms with Gasteiger partial charge in [0.25, 0.3) is 11.8 Å². The molecule has 2 N–H and O–H groups in total. The number of H-pyrrole nitrogens is 1. The maximum Gasteiger partial charge on any atom is 0.276 e. The lowest BCUT2D eigenvalue weighted by Gasteiger charge is -2.39. The van der Waals surface area contributed by atoms with Gasteiger partial charge in [-0.3, -0.25) is 14.3 Å². The van der Waals surface area contributed by atoms with Crippen LogP contribution in [-0.2, 0) is 13.5 Å². The molecule has 2 atom stereocenters. The van der Waals surface area contributed by atoms with Crippen molar-refractivity contribution in [3.63, 3.8) is 0 Å². The van der Waals surface area contributed by atoms with Crippen molar-refractivity contribution in [2.24, 2.45) is 13.0 Å². The summed E-state index contributed by atoms with van der Waals surface area (Å²) in [4.78, 5) is 36.1. The molecular formula is C27H28N6O2. The predicted molar refractivity (Wildman–Crippen MR) is 133 cm³/mol. The van der Waals surface area contributed by atoms with Crippen LogP contribution in [0.4, 0.5) is 5.69 Å². The molecule has 35 heavy (non-hydrogen) atoms. The van der Waals surface area contributed by atoms with Gasteiger partial charge < -0.3 is 15.2 Å². The number of fused-ring (bicyclic) bond motifs is 3. The van der Waals surface area contributed by atoms with Crippen molar-refractivity contribution in [2.75, 3.05) is 5.32 Å². The maximum atomic E-state index is 13.8. The van der Waals surface area contributed by atoms with Gasteiger partial charge in [-0.25, -0.2) is 4.98 Å². The lowest BCUT2D eigenvalue weighted by molar-refractivity contribution is 0.0526. The zero-order valence-corrected chi connectivity index (χ0v) is 19.6. The summed E-state index contributed by atoms with van der Waals surface area (Å²) in [7, 11) is 1.77. The summed E-state index contributed by atoms with van der Waals surface area (Å²) >= 11 is 0. The topological polar surface area (TPSA) is 95.9 Å². The van der Waals surface area contributed by atoms with E-state index in [1.165, 1.54) is 10.9 Å². The molecule has 2 fully saturated rings. The van der Waals surface area contributed by atoms with Crippen molar-refractivity contribution < 1.29 is 9.59 Å². The summed E-state index contributed by atoms with van der Waals surface area (Å²) in [6.07, 6.45) is 10.6. The number of hydrogen-bond acceptors (Lipinski definition) is 4. The number of aryl methyl sites for hydroxylation is 1. The summed E-state index contributed by atoms with van der Waals surface area (Å²) in [6.45, 7) is 0. The Hall–Kier alpha value is -3.94. The van der Waals surface area contributed by atoms with Gasteiger partial charge in [0.2, 0.25) is 0 Å². The van der Waals surface area contributed by atoms with E-state index >= 15 is 0 Å². The molecule has 0 spiro atoms. The van der Waals surface area contributed by atoms with E-state index in [1.54, 1.807) is 30.1 Å². The van der Waals surface area contributed by atoms with Crippen LogP contribution in [-0.4, -0.2) is 48.5 Å². The molecule has 0 aliphatic carbocycles. The van der Waals surface area contributed by atoms with Crippen LogP contribution in [0.25, 0.3) is 11.0 Å². The van der Waals surface area contributed by atoms with Crippen LogP contribution in [0.3, 0.4) is 0 Å². The summed E-state index contributed by atoms with van der Waals surface area (Å²) in [6, 6.07) is 13.6. The molecule has 0 radical (unpaired) electrons. The Kier molecular flexibility index (Phi) is 5.36. The fraction of sp³-hybridized carbons (Fsp3) is 0.333. The molecule has 2 saturated heterocycles. The Morgan fingerprint density at radius 2 is 1.89 bits per heavy atom. The van der Waals surface area contributed by atoms with Gasteiger partial charge in [-0.1, -0.05) is 12.1 Å². The second kappa shape index (κ2) is 8.69. The number of amides is 2. The molecular weight excluding hydrogens is 440 g/mol. The molecule has 0 saturated carbocycles. The number of aromatic amines is 1. The monoisotopic (exact) mass is 468 g/mol. The Morgan fingerprint density at radius 1 is 1.09 bits per heavy atom. The summed E-state index contributed by atoms with van der Waals surface area (Å²) in [5.74, 6) is 0.224. The molecule has 8 heteroatoms. The van der Waals surface area contributed by atoms with Crippen LogP contribution in [0.5, 0.6) is 0 Å². The number of carbonyl (C=O) groups excluding carboxylic acids is 2. The van der Waals surface area contributed by atoms with E-state index < -0.39 is 0 Å². The number of para-hydroxylation sites is 1. The highest BCUT2D eigenvalue weighted by Gasteiger charge is 2.43. The molecule has 2 unspecified atom stereocenters. The third-order valence-corrected chi connectivity index (χ3v) is 7.48. The number of benzene rings is 1. The zero-order valence-electron chi connectivity index (χ0n) is 19.6. The minimum Gasteiger partial charge on any atom is -0.346 e. The lowest BCUT2D eigenvalue weighted by atomic mass is 9.85. The summed E-state index contributed by atoms with van der Waals surface area (Å²) < 4.78 is 1.58. The number of nitrogens with one attached hydrogen (secondary N) is 2. The van der Waals surface area contributed by atoms with Crippen LogP contribution in [0, 0.1) is 5.92 Å². The Balaban J connectivity index is 1.19. The van der Waals surface area contributed by atoms with E-state index in [0.717, 1.165) is 37.8 Å². The van der Waals surface area contributed by atoms with Crippen LogP contribution >= 0.6 is 0 Å². The van der Waals surface area contributed by atoms with Gasteiger partial charge in [0.05, 0.1) is 11.3 Å². The van der Waals surface area contributed by atoms with Crippen LogP contribution < -0.4 is 5.32 Å². The Labute approximate surface area is 203 Å². The number of aromatic nitrogens is 4. The van der Waals surface area contributed by atoms with Gasteiger partial charge in [-0.2, -0.15) is 5.10 Å². The minimum atomic E-state index is -0.319. The molecule has 2 aliphatic rings. The average Bonchev–Trinajstić information content (AvgIpc) is 3.57. The van der Waals surface area contributed by atoms with Crippen molar-refractivity contribution in [3.8, 4) is 0 Å². The zero-order chi connectivity index (χ0) is 23.9. The highest BCUT2D eigenvalue weighted by atomic mass is 16.2. The van der Waals surface area contributed by atoms with Gasteiger partial charge in [0.1, 0.15) is 5.65 Å². The van der Waals surface area contributed by atoms with E-state index in [4.69, 9.17) is 0 Å². The summed E-state index contributed by atoms with van der Waals surface area (Å²) in [5.41, 5.74) is 3.64. The second-order valence-corrected chi connectivity index (χ2v) is 9.72. The standard InChI is InChI=1S/C27H28N6O2/c1-32-13-10-24(31-32)26(34)30-23-5-3-2-4-22(23)27(35)33-19-6-7-20(33)16-17(15-19)14-18-8-11-28-25-21(18)9-12-29-25/h2-5,8-13,17,19-20H,6-7,14-16H2,1H3,(H,28,29)(H,30,34). The van der Waals surface area contributed by atoms with Crippen LogP contribution in [0.2, 0.25) is 0 Å². The van der Waals surface area contributed by atoms with Gasteiger partial charge in [0, 0.05) is 43.1 Å². The number of piperidine rings is 1. The number of hydrogen-bond donors (Lipinski definition) is 2. The maximum absolute atomic E-state index is 13.8. The Morgan fingerprint density at radius 3 is 2.66 bits per heavy atom. The normalized spacial score (nSPS) is 21.4. The molecule has 2 bridgehead atoms. The number of carbonyl (C=O) groups is 2. The van der Waals surface area contributed by atoms with E-state index in [-0.39, 0.29) is 23.9 Å². The number of pyridine rings is 1. The van der Waals surface area contributed by atoms with E-state index in [0.29, 0.717) is 22.9 Å². The fourth-order valence-electron chi connectivity index (χ4n) is 5.94. The smallest absolute Gasteiger partial charge is 0.276 e. The molecule has 4 aromatic rings. The van der Waals surface area contributed by atoms with Crippen LogP contribution in [0.1, 0.15) is 52.1 Å². The van der Waals surface area contributed by atoms with Crippen molar-refractivity contribution in [2.45, 2.75) is 44.2 Å².